The van der Waals surface area contributed by atoms with Gasteiger partial charge in [0.1, 0.15) is 11.5 Å². The van der Waals surface area contributed by atoms with Crippen molar-refractivity contribution in [1.82, 2.24) is 19.4 Å². The monoisotopic (exact) mass is 446 g/mol. The van der Waals surface area contributed by atoms with Crippen molar-refractivity contribution in [1.29, 1.82) is 0 Å². The van der Waals surface area contributed by atoms with Gasteiger partial charge in [0.2, 0.25) is 0 Å². The lowest BCUT2D eigenvalue weighted by Crippen LogP contribution is -2.31. The number of aryl methyl sites for hydroxylation is 1. The van der Waals surface area contributed by atoms with Crippen LogP contribution in [0.2, 0.25) is 0 Å². The van der Waals surface area contributed by atoms with E-state index in [9.17, 15) is 14.7 Å². The predicted molar refractivity (Wildman–Crippen MR) is 122 cm³/mol. The lowest BCUT2D eigenvalue weighted by molar-refractivity contribution is -0.139. The highest BCUT2D eigenvalue weighted by molar-refractivity contribution is 6.46. The van der Waals surface area contributed by atoms with Crippen LogP contribution < -0.4 is 4.74 Å². The van der Waals surface area contributed by atoms with Crippen LogP contribution in [0, 0.1) is 0 Å². The number of aromatic nitrogens is 3. The maximum atomic E-state index is 13.0. The number of hydrogen-bond donors (Lipinski definition) is 1. The molecule has 1 atom stereocenters. The van der Waals surface area contributed by atoms with Crippen LogP contribution in [0.25, 0.3) is 5.76 Å². The van der Waals surface area contributed by atoms with Gasteiger partial charge in [-0.2, -0.15) is 0 Å². The van der Waals surface area contributed by atoms with Crippen LogP contribution in [-0.4, -0.2) is 49.4 Å². The summed E-state index contributed by atoms with van der Waals surface area (Å²) in [6.07, 6.45) is 10.0. The summed E-state index contributed by atoms with van der Waals surface area (Å²) in [6, 6.07) is 9.70. The van der Waals surface area contributed by atoms with Gasteiger partial charge >= 0.3 is 0 Å². The summed E-state index contributed by atoms with van der Waals surface area (Å²) in [5.74, 6) is -0.854. The molecule has 1 aromatic carbocycles. The van der Waals surface area contributed by atoms with E-state index in [-0.39, 0.29) is 11.3 Å². The molecule has 8 heteroatoms. The van der Waals surface area contributed by atoms with Crippen LogP contribution >= 0.6 is 0 Å². The molecule has 2 aromatic heterocycles. The number of rotatable bonds is 9. The average molecular weight is 447 g/mol. The van der Waals surface area contributed by atoms with E-state index in [0.717, 1.165) is 6.42 Å². The first-order valence-corrected chi connectivity index (χ1v) is 11.0. The van der Waals surface area contributed by atoms with Crippen molar-refractivity contribution in [3.8, 4) is 5.75 Å². The molecule has 33 heavy (non-hydrogen) atoms. The second-order valence-electron chi connectivity index (χ2n) is 7.81. The first-order chi connectivity index (χ1) is 16.1. The summed E-state index contributed by atoms with van der Waals surface area (Å²) in [5, 5.41) is 11.1. The third kappa shape index (κ3) is 4.79. The van der Waals surface area contributed by atoms with Crippen molar-refractivity contribution in [2.45, 2.75) is 32.4 Å². The Hall–Kier alpha value is -3.94. The molecule has 1 saturated heterocycles. The third-order valence-electron chi connectivity index (χ3n) is 5.52. The molecule has 0 spiro atoms. The van der Waals surface area contributed by atoms with Gasteiger partial charge < -0.3 is 19.3 Å². The molecule has 3 heterocycles. The standard InChI is InChI=1S/C25H26N4O4/c1-2-15-33-20-8-6-18(7-9-20)23(30)21-22(19-5-3-10-26-16-19)29(25(32)24(21)31)13-4-12-28-14-11-27-17-28/h3,5-11,14,16-17,22,30H,2,4,12-13,15H2,1H3/t22-/m1/s1. The zero-order valence-electron chi connectivity index (χ0n) is 18.4. The normalized spacial score (nSPS) is 17.5. The van der Waals surface area contributed by atoms with Crippen molar-refractivity contribution >= 4 is 17.4 Å². The number of likely N-dealkylation sites (tertiary alicyclic amines) is 1. The molecular weight excluding hydrogens is 420 g/mol. The number of amides is 1. The molecule has 8 nitrogen and oxygen atoms in total. The van der Waals surface area contributed by atoms with Crippen molar-refractivity contribution in [2.75, 3.05) is 13.2 Å². The van der Waals surface area contributed by atoms with E-state index in [4.69, 9.17) is 4.74 Å². The number of ether oxygens (including phenoxy) is 1. The Morgan fingerprint density at radius 1 is 1.09 bits per heavy atom. The Labute approximate surface area is 192 Å². The molecule has 0 aliphatic carbocycles. The fourth-order valence-corrected chi connectivity index (χ4v) is 3.92. The van der Waals surface area contributed by atoms with E-state index < -0.39 is 17.7 Å². The van der Waals surface area contributed by atoms with E-state index in [1.54, 1.807) is 61.3 Å². The maximum Gasteiger partial charge on any atom is 0.295 e. The molecule has 0 bridgehead atoms. The number of pyridine rings is 1. The number of benzene rings is 1. The van der Waals surface area contributed by atoms with Crippen molar-refractivity contribution in [3.63, 3.8) is 0 Å². The summed E-state index contributed by atoms with van der Waals surface area (Å²) in [5.41, 5.74) is 1.19. The zero-order valence-corrected chi connectivity index (χ0v) is 18.4. The Balaban J connectivity index is 1.66. The molecule has 1 N–H and O–H groups in total. The number of nitrogens with zero attached hydrogens (tertiary/aromatic N) is 4. The van der Waals surface area contributed by atoms with Gasteiger partial charge in [-0.3, -0.25) is 14.6 Å². The number of imidazole rings is 1. The average Bonchev–Trinajstić information content (AvgIpc) is 3.45. The Morgan fingerprint density at radius 3 is 2.58 bits per heavy atom. The second-order valence-corrected chi connectivity index (χ2v) is 7.81. The van der Waals surface area contributed by atoms with Crippen LogP contribution in [0.4, 0.5) is 0 Å². The summed E-state index contributed by atoms with van der Waals surface area (Å²) in [4.78, 5) is 35.7. The van der Waals surface area contributed by atoms with Crippen LogP contribution in [0.5, 0.6) is 5.75 Å². The number of Topliss-reactive ketones (excluding diaryl/α,β-unsaturated/α-hetero) is 1. The first kappa shape index (κ1) is 22.3. The van der Waals surface area contributed by atoms with Crippen LogP contribution in [-0.2, 0) is 16.1 Å². The van der Waals surface area contributed by atoms with Gasteiger partial charge in [0, 0.05) is 43.4 Å². The number of hydrogen-bond acceptors (Lipinski definition) is 6. The van der Waals surface area contributed by atoms with E-state index in [2.05, 4.69) is 9.97 Å². The second kappa shape index (κ2) is 10.1. The summed E-state index contributed by atoms with van der Waals surface area (Å²) in [7, 11) is 0. The van der Waals surface area contributed by atoms with Crippen molar-refractivity contribution < 1.29 is 19.4 Å². The fraction of sp³-hybridized carbons (Fsp3) is 0.280. The van der Waals surface area contributed by atoms with Crippen molar-refractivity contribution in [2.24, 2.45) is 0 Å². The molecule has 1 amide bonds. The van der Waals surface area contributed by atoms with Gasteiger partial charge in [0.15, 0.2) is 0 Å². The zero-order chi connectivity index (χ0) is 23.2. The lowest BCUT2D eigenvalue weighted by atomic mass is 9.96. The highest BCUT2D eigenvalue weighted by atomic mass is 16.5. The minimum absolute atomic E-state index is 0.0675. The molecule has 1 aliphatic rings. The molecule has 0 radical (unpaired) electrons. The number of aliphatic hydroxyl groups is 1. The van der Waals surface area contributed by atoms with E-state index in [1.807, 2.05) is 17.7 Å². The van der Waals surface area contributed by atoms with E-state index in [1.165, 1.54) is 4.90 Å². The number of carbonyl (C=O) groups excluding carboxylic acids is 2. The highest BCUT2D eigenvalue weighted by Crippen LogP contribution is 2.39. The minimum Gasteiger partial charge on any atom is -0.507 e. The first-order valence-electron chi connectivity index (χ1n) is 11.0. The van der Waals surface area contributed by atoms with Gasteiger partial charge in [-0.15, -0.1) is 0 Å². The summed E-state index contributed by atoms with van der Waals surface area (Å²) >= 11 is 0. The topological polar surface area (TPSA) is 97.6 Å². The quantitative estimate of drug-likeness (QED) is 0.307. The van der Waals surface area contributed by atoms with Gasteiger partial charge in [-0.1, -0.05) is 13.0 Å². The maximum absolute atomic E-state index is 13.0. The minimum atomic E-state index is -0.711. The SMILES string of the molecule is CCCOc1ccc(C(O)=C2C(=O)C(=O)N(CCCn3ccnc3)[C@@H]2c2cccnc2)cc1. The fourth-order valence-electron chi connectivity index (χ4n) is 3.92. The molecule has 4 rings (SSSR count). The van der Waals surface area contributed by atoms with Gasteiger partial charge in [0.05, 0.1) is 24.5 Å². The molecule has 3 aromatic rings. The Kier molecular flexibility index (Phi) is 6.83. The Bertz CT molecular complexity index is 1120. The van der Waals surface area contributed by atoms with E-state index >= 15 is 0 Å². The number of aliphatic hydroxyl groups excluding tert-OH is 1. The van der Waals surface area contributed by atoms with Gasteiger partial charge in [0.25, 0.3) is 11.7 Å². The van der Waals surface area contributed by atoms with E-state index in [0.29, 0.717) is 43.0 Å². The molecule has 0 unspecified atom stereocenters. The molecule has 0 saturated carbocycles. The number of carbonyl (C=O) groups is 2. The van der Waals surface area contributed by atoms with Crippen LogP contribution in [0.3, 0.4) is 0 Å². The molecule has 170 valence electrons. The third-order valence-corrected chi connectivity index (χ3v) is 5.52. The van der Waals surface area contributed by atoms with Crippen LogP contribution in [0.1, 0.15) is 36.9 Å². The van der Waals surface area contributed by atoms with Gasteiger partial charge in [-0.25, -0.2) is 4.98 Å². The molecule has 1 fully saturated rings. The lowest BCUT2D eigenvalue weighted by Gasteiger charge is -2.25. The largest absolute Gasteiger partial charge is 0.507 e. The smallest absolute Gasteiger partial charge is 0.295 e. The van der Waals surface area contributed by atoms with Gasteiger partial charge in [-0.05, 0) is 48.7 Å². The highest BCUT2D eigenvalue weighted by Gasteiger charge is 2.45. The summed E-state index contributed by atoms with van der Waals surface area (Å²) in [6.45, 7) is 3.62. The summed E-state index contributed by atoms with van der Waals surface area (Å²) < 4.78 is 7.51. The number of ketones is 1. The van der Waals surface area contributed by atoms with Crippen molar-refractivity contribution in [3.05, 3.63) is 84.2 Å². The van der Waals surface area contributed by atoms with Crippen LogP contribution in [0.15, 0.2) is 73.1 Å². The molecule has 1 aliphatic heterocycles. The Morgan fingerprint density at radius 2 is 1.91 bits per heavy atom. The predicted octanol–water partition coefficient (Wildman–Crippen LogP) is 3.58. The molecular formula is C25H26N4O4.